The summed E-state index contributed by atoms with van der Waals surface area (Å²) in [6.07, 6.45) is -0.407. The highest BCUT2D eigenvalue weighted by Gasteiger charge is 2.33. The molecular weight excluding hydrogens is 705 g/mol. The molecule has 2 N–H and O–H groups in total. The molecule has 1 saturated heterocycles. The molecule has 0 bridgehead atoms. The van der Waals surface area contributed by atoms with Gasteiger partial charge in [0.2, 0.25) is 0 Å². The Bertz CT molecular complexity index is 2270. The number of nitrogens with zero attached hydrogens (tertiary/aromatic N) is 1. The third-order valence-electron chi connectivity index (χ3n) is 9.61. The maximum Gasteiger partial charge on any atom is 0.256 e. The van der Waals surface area contributed by atoms with Crippen molar-refractivity contribution in [3.05, 3.63) is 192 Å². The Balaban J connectivity index is 1.03. The summed E-state index contributed by atoms with van der Waals surface area (Å²) in [6.45, 7) is 0.396. The highest BCUT2D eigenvalue weighted by atomic mass is 32.2. The summed E-state index contributed by atoms with van der Waals surface area (Å²) in [5.74, 6) is 1.23. The van der Waals surface area contributed by atoms with E-state index in [1.165, 1.54) is 11.8 Å². The maximum atomic E-state index is 12.7. The number of aliphatic hydroxyl groups excluding tert-OH is 1. The lowest BCUT2D eigenvalue weighted by Gasteiger charge is -2.36. The number of aromatic nitrogens is 1. The first-order valence-electron chi connectivity index (χ1n) is 18.4. The van der Waals surface area contributed by atoms with Crippen LogP contribution in [0.15, 0.2) is 173 Å². The van der Waals surface area contributed by atoms with E-state index in [2.05, 4.69) is 29.6 Å². The van der Waals surface area contributed by atoms with Crippen molar-refractivity contribution in [2.75, 3.05) is 5.75 Å². The van der Waals surface area contributed by atoms with Gasteiger partial charge in [-0.1, -0.05) is 151 Å². The molecule has 0 aliphatic carbocycles. The average molecular weight is 745 g/mol. The number of amides is 1. The minimum atomic E-state index is -0.625. The van der Waals surface area contributed by atoms with E-state index in [-0.39, 0.29) is 24.7 Å². The predicted molar refractivity (Wildman–Crippen MR) is 216 cm³/mol. The summed E-state index contributed by atoms with van der Waals surface area (Å²) in [5.41, 5.74) is 9.22. The molecule has 0 radical (unpaired) electrons. The topological polar surface area (TPSA) is 93.8 Å². The molecule has 7 aromatic rings. The van der Waals surface area contributed by atoms with Crippen LogP contribution >= 0.6 is 11.8 Å². The maximum absolute atomic E-state index is 12.7. The number of carbonyl (C=O) groups is 1. The zero-order valence-corrected chi connectivity index (χ0v) is 30.9. The van der Waals surface area contributed by atoms with Crippen molar-refractivity contribution in [3.8, 4) is 33.7 Å². The molecule has 1 amide bonds. The summed E-state index contributed by atoms with van der Waals surface area (Å²) >= 11 is 1.54. The molecule has 1 aliphatic heterocycles. The molecule has 8 rings (SSSR count). The Morgan fingerprint density at radius 2 is 1.33 bits per heavy atom. The van der Waals surface area contributed by atoms with Crippen molar-refractivity contribution in [3.63, 3.8) is 0 Å². The van der Waals surface area contributed by atoms with Crippen LogP contribution in [0.4, 0.5) is 0 Å². The lowest BCUT2D eigenvalue weighted by Crippen LogP contribution is -2.31. The van der Waals surface area contributed by atoms with Gasteiger partial charge in [0, 0.05) is 41.0 Å². The minimum Gasteiger partial charge on any atom is -0.431 e. The summed E-state index contributed by atoms with van der Waals surface area (Å²) in [4.78, 5) is 17.6. The van der Waals surface area contributed by atoms with E-state index in [9.17, 15) is 9.90 Å². The normalized spacial score (nSPS) is 16.8. The number of nitrogens with one attached hydrogen (secondary N) is 1. The van der Waals surface area contributed by atoms with Gasteiger partial charge in [-0.3, -0.25) is 4.79 Å². The summed E-state index contributed by atoms with van der Waals surface area (Å²) in [7, 11) is 0. The Labute approximate surface area is 325 Å². The molecule has 6 aromatic carbocycles. The van der Waals surface area contributed by atoms with Crippen LogP contribution in [0.2, 0.25) is 0 Å². The molecule has 1 aliphatic rings. The quantitative estimate of drug-likeness (QED) is 0.120. The minimum absolute atomic E-state index is 0.0176. The van der Waals surface area contributed by atoms with Crippen LogP contribution in [0.3, 0.4) is 0 Å². The first kappa shape index (κ1) is 36.2. The number of rotatable bonds is 12. The van der Waals surface area contributed by atoms with Gasteiger partial charge in [0.05, 0.1) is 18.8 Å². The first-order valence-corrected chi connectivity index (χ1v) is 19.4. The Morgan fingerprint density at radius 3 is 2.05 bits per heavy atom. The van der Waals surface area contributed by atoms with Crippen molar-refractivity contribution in [1.82, 2.24) is 10.3 Å². The Morgan fingerprint density at radius 1 is 0.673 bits per heavy atom. The molecule has 55 heavy (non-hydrogen) atoms. The van der Waals surface area contributed by atoms with Crippen molar-refractivity contribution < 1.29 is 23.8 Å². The van der Waals surface area contributed by atoms with E-state index in [0.29, 0.717) is 29.5 Å². The second-order valence-corrected chi connectivity index (χ2v) is 14.4. The van der Waals surface area contributed by atoms with Crippen LogP contribution in [-0.2, 0) is 22.6 Å². The van der Waals surface area contributed by atoms with Gasteiger partial charge >= 0.3 is 0 Å². The van der Waals surface area contributed by atoms with Crippen LogP contribution in [0.1, 0.15) is 51.4 Å². The number of hydrogen-bond donors (Lipinski definition) is 2. The fourth-order valence-corrected chi connectivity index (χ4v) is 7.57. The number of oxazole rings is 1. The molecule has 1 fully saturated rings. The van der Waals surface area contributed by atoms with Crippen molar-refractivity contribution in [2.45, 2.75) is 43.3 Å². The third kappa shape index (κ3) is 8.80. The fraction of sp³-hybridized carbons (Fsp3) is 0.149. The summed E-state index contributed by atoms with van der Waals surface area (Å²) in [6, 6.07) is 53.7. The van der Waals surface area contributed by atoms with Gasteiger partial charge in [0.15, 0.2) is 12.1 Å². The van der Waals surface area contributed by atoms with Crippen LogP contribution in [-0.4, -0.2) is 27.9 Å². The number of ether oxygens (including phenoxy) is 2. The fourth-order valence-electron chi connectivity index (χ4n) is 6.73. The molecule has 274 valence electrons. The van der Waals surface area contributed by atoms with E-state index >= 15 is 0 Å². The number of benzene rings is 6. The standard InChI is InChI=1S/C47H40N2O5S/c50-30-32-22-24-34(25-23-32)42-28-41(31-55-47-49-43(35-13-4-1-5-14-35)44(54-47)36-15-6-2-7-16-36)52-46(53-42)40-21-11-20-39(27-40)38-19-10-12-33(26-38)29-48-45(51)37-17-8-3-9-18-37/h1-27,41-42,46,50H,28-31H2,(H,48,51). The molecule has 0 spiro atoms. The van der Waals surface area contributed by atoms with Crippen LogP contribution in [0.5, 0.6) is 0 Å². The zero-order valence-electron chi connectivity index (χ0n) is 30.1. The zero-order chi connectivity index (χ0) is 37.4. The second kappa shape index (κ2) is 17.1. The molecule has 8 heteroatoms. The lowest BCUT2D eigenvalue weighted by molar-refractivity contribution is -0.245. The molecule has 3 atom stereocenters. The molecule has 3 unspecified atom stereocenters. The van der Waals surface area contributed by atoms with Gasteiger partial charge in [-0.15, -0.1) is 0 Å². The summed E-state index contributed by atoms with van der Waals surface area (Å²) in [5, 5.41) is 13.3. The second-order valence-electron chi connectivity index (χ2n) is 13.4. The van der Waals surface area contributed by atoms with E-state index in [1.807, 2.05) is 140 Å². The lowest BCUT2D eigenvalue weighted by atomic mass is 9.99. The highest BCUT2D eigenvalue weighted by molar-refractivity contribution is 7.99. The van der Waals surface area contributed by atoms with Gasteiger partial charge in [0.25, 0.3) is 11.1 Å². The van der Waals surface area contributed by atoms with E-state index in [4.69, 9.17) is 18.9 Å². The van der Waals surface area contributed by atoms with Crippen LogP contribution in [0, 0.1) is 0 Å². The summed E-state index contributed by atoms with van der Waals surface area (Å²) < 4.78 is 19.9. The number of carbonyl (C=O) groups excluding carboxylic acids is 1. The molecule has 1 aromatic heterocycles. The number of aliphatic hydroxyl groups is 1. The largest absolute Gasteiger partial charge is 0.431 e. The average Bonchev–Trinajstić information content (AvgIpc) is 3.70. The van der Waals surface area contributed by atoms with E-state index in [0.717, 1.165) is 56.0 Å². The van der Waals surface area contributed by atoms with Gasteiger partial charge in [-0.2, -0.15) is 0 Å². The third-order valence-corrected chi connectivity index (χ3v) is 10.6. The Hall–Kier alpha value is -5.77. The SMILES string of the molecule is O=C(NCc1cccc(-c2cccc(C3OC(CSc4nc(-c5ccccc5)c(-c5ccccc5)o4)CC(c4ccc(CO)cc4)O3)c2)c1)c1ccccc1. The first-order chi connectivity index (χ1) is 27.1. The Kier molecular flexibility index (Phi) is 11.3. The van der Waals surface area contributed by atoms with E-state index < -0.39 is 6.29 Å². The smallest absolute Gasteiger partial charge is 0.256 e. The van der Waals surface area contributed by atoms with Crippen molar-refractivity contribution >= 4 is 17.7 Å². The van der Waals surface area contributed by atoms with E-state index in [1.54, 1.807) is 0 Å². The predicted octanol–water partition coefficient (Wildman–Crippen LogP) is 10.4. The van der Waals surface area contributed by atoms with Crippen molar-refractivity contribution in [1.29, 1.82) is 0 Å². The molecule has 0 saturated carbocycles. The number of hydrogen-bond acceptors (Lipinski definition) is 7. The highest BCUT2D eigenvalue weighted by Crippen LogP contribution is 2.41. The van der Waals surface area contributed by atoms with Gasteiger partial charge in [-0.25, -0.2) is 4.98 Å². The van der Waals surface area contributed by atoms with Gasteiger partial charge in [0.1, 0.15) is 5.69 Å². The van der Waals surface area contributed by atoms with Crippen LogP contribution in [0.25, 0.3) is 33.7 Å². The molecule has 7 nitrogen and oxygen atoms in total. The number of thioether (sulfide) groups is 1. The van der Waals surface area contributed by atoms with Crippen LogP contribution < -0.4 is 5.32 Å². The molecule has 2 heterocycles. The van der Waals surface area contributed by atoms with Gasteiger partial charge in [-0.05, 0) is 52.1 Å². The van der Waals surface area contributed by atoms with Crippen molar-refractivity contribution in [2.24, 2.45) is 0 Å². The molecular formula is C47H40N2O5S. The monoisotopic (exact) mass is 744 g/mol. The van der Waals surface area contributed by atoms with Gasteiger partial charge < -0.3 is 24.3 Å².